The van der Waals surface area contributed by atoms with Crippen LogP contribution in [0.3, 0.4) is 0 Å². The molecule has 6 heteroatoms. The lowest BCUT2D eigenvalue weighted by Crippen LogP contribution is -2.09. The summed E-state index contributed by atoms with van der Waals surface area (Å²) in [5.41, 5.74) is 0.372. The highest BCUT2D eigenvalue weighted by Crippen LogP contribution is 2.33. The average Bonchev–Trinajstić information content (AvgIpc) is 2.89. The number of benzene rings is 2. The Labute approximate surface area is 117 Å². The summed E-state index contributed by atoms with van der Waals surface area (Å²) in [5.74, 6) is 0. The monoisotopic (exact) mass is 287 g/mol. The third-order valence-electron chi connectivity index (χ3n) is 3.16. The van der Waals surface area contributed by atoms with E-state index in [4.69, 9.17) is 5.26 Å². The molecule has 21 heavy (non-hydrogen) atoms. The summed E-state index contributed by atoms with van der Waals surface area (Å²) < 4.78 is 40.5. The molecule has 3 aromatic rings. The van der Waals surface area contributed by atoms with Crippen LogP contribution in [-0.4, -0.2) is 9.55 Å². The van der Waals surface area contributed by atoms with E-state index < -0.39 is 17.3 Å². The smallest absolute Gasteiger partial charge is 0.299 e. The Bertz CT molecular complexity index is 856. The van der Waals surface area contributed by atoms with E-state index in [1.54, 1.807) is 34.9 Å². The quantitative estimate of drug-likeness (QED) is 0.680. The molecule has 104 valence electrons. The van der Waals surface area contributed by atoms with Crippen LogP contribution >= 0.6 is 0 Å². The SMILES string of the molecule is N#Cc1ccc(-n2cnc3ccccc32)cc1C(F)(F)F. The molecule has 0 aliphatic heterocycles. The normalized spacial score (nSPS) is 11.5. The highest BCUT2D eigenvalue weighted by atomic mass is 19.4. The second-order valence-corrected chi connectivity index (χ2v) is 4.44. The third-order valence-corrected chi connectivity index (χ3v) is 3.16. The molecule has 0 aliphatic carbocycles. The molecule has 0 unspecified atom stereocenters. The van der Waals surface area contributed by atoms with Gasteiger partial charge in [0.25, 0.3) is 0 Å². The molecule has 1 aromatic heterocycles. The van der Waals surface area contributed by atoms with Gasteiger partial charge in [-0.05, 0) is 30.3 Å². The number of fused-ring (bicyclic) bond motifs is 1. The van der Waals surface area contributed by atoms with E-state index in [9.17, 15) is 13.2 Å². The zero-order chi connectivity index (χ0) is 15.0. The highest BCUT2D eigenvalue weighted by Gasteiger charge is 2.34. The summed E-state index contributed by atoms with van der Waals surface area (Å²) in [4.78, 5) is 4.15. The molecule has 0 bridgehead atoms. The number of imidazole rings is 1. The Balaban J connectivity index is 2.23. The van der Waals surface area contributed by atoms with Crippen molar-refractivity contribution in [2.45, 2.75) is 6.18 Å². The molecule has 0 atom stereocenters. The van der Waals surface area contributed by atoms with Crippen molar-refractivity contribution in [3.8, 4) is 11.8 Å². The fraction of sp³-hybridized carbons (Fsp3) is 0.0667. The maximum Gasteiger partial charge on any atom is 0.417 e. The van der Waals surface area contributed by atoms with Gasteiger partial charge in [-0.3, -0.25) is 4.57 Å². The number of hydrogen-bond acceptors (Lipinski definition) is 2. The molecule has 0 saturated carbocycles. The van der Waals surface area contributed by atoms with Gasteiger partial charge >= 0.3 is 6.18 Å². The van der Waals surface area contributed by atoms with E-state index in [-0.39, 0.29) is 0 Å². The number of halogens is 3. The van der Waals surface area contributed by atoms with E-state index >= 15 is 0 Å². The summed E-state index contributed by atoms with van der Waals surface area (Å²) in [5, 5.41) is 8.81. The molecule has 0 aliphatic rings. The summed E-state index contributed by atoms with van der Waals surface area (Å²) in [6, 6.07) is 12.3. The van der Waals surface area contributed by atoms with Gasteiger partial charge in [-0.1, -0.05) is 12.1 Å². The second kappa shape index (κ2) is 4.63. The lowest BCUT2D eigenvalue weighted by Gasteiger charge is -2.11. The zero-order valence-electron chi connectivity index (χ0n) is 10.6. The Hall–Kier alpha value is -2.81. The minimum Gasteiger partial charge on any atom is -0.299 e. The standard InChI is InChI=1S/C15H8F3N3/c16-15(17,18)12-7-11(6-5-10(12)8-19)21-9-20-13-3-1-2-4-14(13)21/h1-7,9H. The number of rotatable bonds is 1. The van der Waals surface area contributed by atoms with E-state index in [2.05, 4.69) is 4.98 Å². The van der Waals surface area contributed by atoms with Crippen LogP contribution in [0.15, 0.2) is 48.8 Å². The average molecular weight is 287 g/mol. The molecule has 1 heterocycles. The number of hydrogen-bond donors (Lipinski definition) is 0. The fourth-order valence-electron chi connectivity index (χ4n) is 2.18. The summed E-state index contributed by atoms with van der Waals surface area (Å²) in [7, 11) is 0. The van der Waals surface area contributed by atoms with Gasteiger partial charge in [0.2, 0.25) is 0 Å². The first kappa shape index (κ1) is 13.2. The largest absolute Gasteiger partial charge is 0.417 e. The summed E-state index contributed by atoms with van der Waals surface area (Å²) >= 11 is 0. The maximum absolute atomic E-state index is 13.0. The van der Waals surface area contributed by atoms with E-state index in [0.717, 1.165) is 6.07 Å². The Morgan fingerprint density at radius 1 is 1.10 bits per heavy atom. The minimum absolute atomic E-state index is 0.315. The van der Waals surface area contributed by atoms with Crippen molar-refractivity contribution in [2.75, 3.05) is 0 Å². The lowest BCUT2D eigenvalue weighted by molar-refractivity contribution is -0.137. The minimum atomic E-state index is -4.57. The van der Waals surface area contributed by atoms with Crippen LogP contribution in [0.1, 0.15) is 11.1 Å². The van der Waals surface area contributed by atoms with Crippen LogP contribution in [0.5, 0.6) is 0 Å². The number of alkyl halides is 3. The molecular formula is C15H8F3N3. The van der Waals surface area contributed by atoms with Crippen LogP contribution in [0.25, 0.3) is 16.7 Å². The second-order valence-electron chi connectivity index (χ2n) is 4.44. The molecule has 0 radical (unpaired) electrons. The molecule has 3 rings (SSSR count). The van der Waals surface area contributed by atoms with Gasteiger partial charge in [0, 0.05) is 5.69 Å². The van der Waals surface area contributed by atoms with Crippen molar-refractivity contribution in [3.05, 3.63) is 59.9 Å². The van der Waals surface area contributed by atoms with Crippen LogP contribution in [0.4, 0.5) is 13.2 Å². The van der Waals surface area contributed by atoms with Crippen molar-refractivity contribution in [1.82, 2.24) is 9.55 Å². The van der Waals surface area contributed by atoms with E-state index in [0.29, 0.717) is 16.7 Å². The third kappa shape index (κ3) is 2.23. The fourth-order valence-corrected chi connectivity index (χ4v) is 2.18. The molecule has 0 N–H and O–H groups in total. The van der Waals surface area contributed by atoms with Crippen LogP contribution < -0.4 is 0 Å². The number of nitrogens with zero attached hydrogens (tertiary/aromatic N) is 3. The first-order chi connectivity index (χ1) is 10.0. The van der Waals surface area contributed by atoms with Gasteiger partial charge < -0.3 is 0 Å². The maximum atomic E-state index is 13.0. The number of para-hydroxylation sites is 2. The molecule has 0 amide bonds. The van der Waals surface area contributed by atoms with Crippen molar-refractivity contribution in [3.63, 3.8) is 0 Å². The molecule has 2 aromatic carbocycles. The summed E-state index contributed by atoms with van der Waals surface area (Å²) in [6.07, 6.45) is -3.11. The van der Waals surface area contributed by atoms with Gasteiger partial charge in [0.1, 0.15) is 6.33 Å². The van der Waals surface area contributed by atoms with Crippen molar-refractivity contribution < 1.29 is 13.2 Å². The van der Waals surface area contributed by atoms with Gasteiger partial charge in [-0.25, -0.2) is 4.98 Å². The first-order valence-electron chi connectivity index (χ1n) is 6.04. The van der Waals surface area contributed by atoms with Gasteiger partial charge in [-0.2, -0.15) is 18.4 Å². The summed E-state index contributed by atoms with van der Waals surface area (Å²) in [6.45, 7) is 0. The van der Waals surface area contributed by atoms with Crippen LogP contribution in [-0.2, 0) is 6.18 Å². The predicted octanol–water partition coefficient (Wildman–Crippen LogP) is 3.92. The van der Waals surface area contributed by atoms with Crippen molar-refractivity contribution >= 4 is 11.0 Å². The van der Waals surface area contributed by atoms with E-state index in [1.807, 2.05) is 0 Å². The van der Waals surface area contributed by atoms with Crippen molar-refractivity contribution in [2.24, 2.45) is 0 Å². The van der Waals surface area contributed by atoms with Crippen LogP contribution in [0.2, 0.25) is 0 Å². The van der Waals surface area contributed by atoms with E-state index in [1.165, 1.54) is 18.5 Å². The topological polar surface area (TPSA) is 41.6 Å². The van der Waals surface area contributed by atoms with Crippen molar-refractivity contribution in [1.29, 1.82) is 5.26 Å². The van der Waals surface area contributed by atoms with Gasteiger partial charge in [-0.15, -0.1) is 0 Å². The Morgan fingerprint density at radius 2 is 1.86 bits per heavy atom. The van der Waals surface area contributed by atoms with Crippen LogP contribution in [0, 0.1) is 11.3 Å². The molecule has 3 nitrogen and oxygen atoms in total. The number of nitriles is 1. The predicted molar refractivity (Wildman–Crippen MR) is 70.8 cm³/mol. The molecule has 0 saturated heterocycles. The molecule has 0 fully saturated rings. The highest BCUT2D eigenvalue weighted by molar-refractivity contribution is 5.77. The van der Waals surface area contributed by atoms with Gasteiger partial charge in [0.15, 0.2) is 0 Å². The molecule has 0 spiro atoms. The lowest BCUT2D eigenvalue weighted by atomic mass is 10.1. The first-order valence-corrected chi connectivity index (χ1v) is 6.04. The Kier molecular flexibility index (Phi) is 2.91. The van der Waals surface area contributed by atoms with Gasteiger partial charge in [0.05, 0.1) is 28.2 Å². The Morgan fingerprint density at radius 3 is 2.57 bits per heavy atom. The number of aromatic nitrogens is 2. The zero-order valence-corrected chi connectivity index (χ0v) is 10.6. The molecular weight excluding hydrogens is 279 g/mol.